The van der Waals surface area contributed by atoms with E-state index in [4.69, 9.17) is 27.9 Å². The Morgan fingerprint density at radius 3 is 2.59 bits per heavy atom. The molecule has 1 amide bonds. The Balaban J connectivity index is 1.42. The number of fused-ring (bicyclic) bond motifs is 2. The lowest BCUT2D eigenvalue weighted by Crippen LogP contribution is -2.54. The first-order valence-corrected chi connectivity index (χ1v) is 11.5. The van der Waals surface area contributed by atoms with Crippen LogP contribution in [-0.4, -0.2) is 35.4 Å². The molecule has 3 aromatic carbocycles. The topological polar surface area (TPSA) is 84.7 Å². The Hall–Kier alpha value is -3.13. The van der Waals surface area contributed by atoms with E-state index in [0.29, 0.717) is 33.6 Å². The van der Waals surface area contributed by atoms with Crippen LogP contribution >= 0.6 is 23.2 Å². The highest BCUT2D eigenvalue weighted by Crippen LogP contribution is 2.52. The molecule has 0 saturated carbocycles. The first-order valence-electron chi connectivity index (χ1n) is 10.7. The fourth-order valence-electron chi connectivity index (χ4n) is 5.19. The summed E-state index contributed by atoms with van der Waals surface area (Å²) in [4.78, 5) is 27.1. The molecule has 0 unspecified atom stereocenters. The second kappa shape index (κ2) is 8.58. The van der Waals surface area contributed by atoms with Crippen molar-refractivity contribution >= 4 is 34.8 Å². The van der Waals surface area contributed by atoms with Gasteiger partial charge in [-0.25, -0.2) is 0 Å². The number of carbonyl (C=O) groups excluding carboxylic acids is 1. The Morgan fingerprint density at radius 1 is 1.15 bits per heavy atom. The van der Waals surface area contributed by atoms with Gasteiger partial charge in [0, 0.05) is 38.3 Å². The summed E-state index contributed by atoms with van der Waals surface area (Å²) in [5, 5.41) is 16.3. The van der Waals surface area contributed by atoms with E-state index in [-0.39, 0.29) is 17.4 Å². The molecular weight excluding hydrogens is 477 g/mol. The van der Waals surface area contributed by atoms with Crippen LogP contribution in [0, 0.1) is 10.1 Å². The lowest BCUT2D eigenvalue weighted by molar-refractivity contribution is -0.534. The van der Waals surface area contributed by atoms with Crippen molar-refractivity contribution in [1.29, 1.82) is 0 Å². The first-order chi connectivity index (χ1) is 16.3. The van der Waals surface area contributed by atoms with Gasteiger partial charge in [-0.2, -0.15) is 0 Å². The maximum Gasteiger partial charge on any atom is 0.256 e. The summed E-state index contributed by atoms with van der Waals surface area (Å²) in [5.41, 5.74) is 1.49. The molecular formula is C25H21Cl2N3O4. The van der Waals surface area contributed by atoms with Crippen molar-refractivity contribution in [2.45, 2.75) is 24.1 Å². The second-order valence-electron chi connectivity index (χ2n) is 8.58. The number of hydrogen-bond acceptors (Lipinski definition) is 5. The SMILES string of the molecule is CN1C[C@H](c2ccc(OCc3ccc(Cl)cc3Cl)cc2)[C@H]([N+](=O)[O-])[C@@]12C(=O)Nc1ccccc12. The van der Waals surface area contributed by atoms with Crippen LogP contribution in [0.15, 0.2) is 66.7 Å². The van der Waals surface area contributed by atoms with Gasteiger partial charge in [0.1, 0.15) is 12.4 Å². The Morgan fingerprint density at radius 2 is 1.88 bits per heavy atom. The van der Waals surface area contributed by atoms with Gasteiger partial charge in [-0.05, 0) is 42.9 Å². The lowest BCUT2D eigenvalue weighted by atomic mass is 9.79. The smallest absolute Gasteiger partial charge is 0.256 e. The summed E-state index contributed by atoms with van der Waals surface area (Å²) >= 11 is 12.1. The molecule has 1 saturated heterocycles. The number of amides is 1. The van der Waals surface area contributed by atoms with E-state index < -0.39 is 17.5 Å². The number of nitrogens with one attached hydrogen (secondary N) is 1. The van der Waals surface area contributed by atoms with Gasteiger partial charge in [0.25, 0.3) is 11.9 Å². The number of likely N-dealkylation sites (tertiary alicyclic amines) is 1. The van der Waals surface area contributed by atoms with Crippen molar-refractivity contribution in [1.82, 2.24) is 4.90 Å². The maximum atomic E-state index is 13.2. The summed E-state index contributed by atoms with van der Waals surface area (Å²) in [6.45, 7) is 0.632. The predicted molar refractivity (Wildman–Crippen MR) is 130 cm³/mol. The molecule has 2 heterocycles. The fraction of sp³-hybridized carbons (Fsp3) is 0.240. The molecule has 1 N–H and O–H groups in total. The maximum absolute atomic E-state index is 13.2. The molecule has 0 aromatic heterocycles. The summed E-state index contributed by atoms with van der Waals surface area (Å²) in [7, 11) is 1.77. The summed E-state index contributed by atoms with van der Waals surface area (Å²) < 4.78 is 5.85. The fourth-order valence-corrected chi connectivity index (χ4v) is 5.65. The number of ether oxygens (including phenoxy) is 1. The van der Waals surface area contributed by atoms with E-state index in [2.05, 4.69) is 5.32 Å². The number of rotatable bonds is 5. The first kappa shape index (κ1) is 22.7. The molecule has 0 aliphatic carbocycles. The third-order valence-electron chi connectivity index (χ3n) is 6.76. The van der Waals surface area contributed by atoms with Gasteiger partial charge in [-0.15, -0.1) is 0 Å². The standard InChI is InChI=1S/C25H21Cl2N3O4/c1-29-13-19(23(30(32)33)25(29)20-4-2-3-5-22(20)28-24(25)31)15-7-10-18(11-8-15)34-14-16-6-9-17(26)12-21(16)27/h2-12,19,23H,13-14H2,1H3,(H,28,31)/t19-,23+,25+/m1/s1. The van der Waals surface area contributed by atoms with E-state index in [1.54, 1.807) is 60.5 Å². The molecule has 0 bridgehead atoms. The van der Waals surface area contributed by atoms with Crippen molar-refractivity contribution in [2.24, 2.45) is 0 Å². The van der Waals surface area contributed by atoms with Gasteiger partial charge in [0.2, 0.25) is 0 Å². The number of anilines is 1. The molecule has 34 heavy (non-hydrogen) atoms. The third kappa shape index (κ3) is 3.52. The molecule has 0 radical (unpaired) electrons. The Labute approximate surface area is 206 Å². The lowest BCUT2D eigenvalue weighted by Gasteiger charge is -2.30. The number of benzene rings is 3. The quantitative estimate of drug-likeness (QED) is 0.391. The second-order valence-corrected chi connectivity index (χ2v) is 9.42. The van der Waals surface area contributed by atoms with Crippen LogP contribution in [0.4, 0.5) is 5.69 Å². The van der Waals surface area contributed by atoms with Crippen LogP contribution < -0.4 is 10.1 Å². The van der Waals surface area contributed by atoms with Gasteiger partial charge >= 0.3 is 0 Å². The van der Waals surface area contributed by atoms with E-state index in [1.165, 1.54) is 0 Å². The zero-order valence-electron chi connectivity index (χ0n) is 18.2. The zero-order valence-corrected chi connectivity index (χ0v) is 19.7. The average Bonchev–Trinajstić information content (AvgIpc) is 3.29. The minimum Gasteiger partial charge on any atom is -0.489 e. The summed E-state index contributed by atoms with van der Waals surface area (Å²) in [6, 6.07) is 18.5. The number of hydrogen-bond donors (Lipinski definition) is 1. The van der Waals surface area contributed by atoms with E-state index in [1.807, 2.05) is 18.2 Å². The van der Waals surface area contributed by atoms with E-state index in [0.717, 1.165) is 11.1 Å². The van der Waals surface area contributed by atoms with Gasteiger partial charge in [0.05, 0.1) is 5.92 Å². The van der Waals surface area contributed by atoms with Gasteiger partial charge < -0.3 is 10.1 Å². The third-order valence-corrected chi connectivity index (χ3v) is 7.35. The van der Waals surface area contributed by atoms with E-state index >= 15 is 0 Å². The minimum absolute atomic E-state index is 0.263. The highest BCUT2D eigenvalue weighted by atomic mass is 35.5. The van der Waals surface area contributed by atoms with Crippen LogP contribution in [0.25, 0.3) is 0 Å². The summed E-state index contributed by atoms with van der Waals surface area (Å²) in [6.07, 6.45) is 0. The molecule has 174 valence electrons. The number of carbonyl (C=O) groups is 1. The van der Waals surface area contributed by atoms with E-state index in [9.17, 15) is 14.9 Å². The number of nitro groups is 1. The van der Waals surface area contributed by atoms with Gasteiger partial charge in [-0.1, -0.05) is 59.6 Å². The van der Waals surface area contributed by atoms with Crippen molar-refractivity contribution in [3.05, 3.63) is 104 Å². The zero-order chi connectivity index (χ0) is 24.0. The van der Waals surface area contributed by atoms with Crippen molar-refractivity contribution < 1.29 is 14.5 Å². The molecule has 2 aliphatic rings. The van der Waals surface area contributed by atoms with Crippen LogP contribution in [0.1, 0.15) is 22.6 Å². The van der Waals surface area contributed by atoms with Crippen LogP contribution in [0.2, 0.25) is 10.0 Å². The normalized spacial score (nSPS) is 23.7. The summed E-state index contributed by atoms with van der Waals surface area (Å²) in [5.74, 6) is -0.227. The molecule has 5 rings (SSSR count). The predicted octanol–water partition coefficient (Wildman–Crippen LogP) is 5.09. The largest absolute Gasteiger partial charge is 0.489 e. The molecule has 3 atom stereocenters. The Kier molecular flexibility index (Phi) is 5.72. The molecule has 7 nitrogen and oxygen atoms in total. The number of halogens is 2. The number of nitrogens with zero attached hydrogens (tertiary/aromatic N) is 2. The Bertz CT molecular complexity index is 1280. The van der Waals surface area contributed by atoms with Gasteiger partial charge in [-0.3, -0.25) is 19.8 Å². The molecule has 1 spiro atoms. The van der Waals surface area contributed by atoms with Gasteiger partial charge in [0.15, 0.2) is 5.54 Å². The molecule has 2 aliphatic heterocycles. The molecule has 1 fully saturated rings. The van der Waals surface area contributed by atoms with Crippen molar-refractivity contribution in [3.63, 3.8) is 0 Å². The number of para-hydroxylation sites is 1. The average molecular weight is 498 g/mol. The van der Waals surface area contributed by atoms with Crippen LogP contribution in [0.3, 0.4) is 0 Å². The van der Waals surface area contributed by atoms with Crippen LogP contribution in [-0.2, 0) is 16.9 Å². The van der Waals surface area contributed by atoms with Crippen molar-refractivity contribution in [2.75, 3.05) is 18.9 Å². The highest BCUT2D eigenvalue weighted by Gasteiger charge is 2.68. The monoisotopic (exact) mass is 497 g/mol. The molecule has 9 heteroatoms. The minimum atomic E-state index is -1.36. The van der Waals surface area contributed by atoms with Crippen LogP contribution in [0.5, 0.6) is 5.75 Å². The van der Waals surface area contributed by atoms with Crippen molar-refractivity contribution in [3.8, 4) is 5.75 Å². The molecule has 3 aromatic rings. The highest BCUT2D eigenvalue weighted by molar-refractivity contribution is 6.35. The number of likely N-dealkylation sites (N-methyl/N-ethyl adjacent to an activating group) is 1.